The molecule has 0 saturated heterocycles. The van der Waals surface area contributed by atoms with E-state index in [1.165, 1.54) is 0 Å². The monoisotopic (exact) mass is 296 g/mol. The second-order valence-electron chi connectivity index (χ2n) is 3.63. The lowest BCUT2D eigenvalue weighted by molar-refractivity contribution is 0.201. The van der Waals surface area contributed by atoms with Gasteiger partial charge in [0.05, 0.1) is 28.3 Å². The Morgan fingerprint density at radius 2 is 2.24 bits per heavy atom. The fourth-order valence-corrected chi connectivity index (χ4v) is 2.14. The first-order valence-corrected chi connectivity index (χ1v) is 6.18. The highest BCUT2D eigenvalue weighted by molar-refractivity contribution is 9.10. The van der Waals surface area contributed by atoms with Gasteiger partial charge in [0, 0.05) is 18.9 Å². The molecule has 17 heavy (non-hydrogen) atoms. The van der Waals surface area contributed by atoms with Crippen LogP contribution in [0.25, 0.3) is 0 Å². The number of aromatic nitrogens is 4. The van der Waals surface area contributed by atoms with Gasteiger partial charge in [-0.2, -0.15) is 5.10 Å². The fraction of sp³-hybridized carbons (Fsp3) is 0.364. The van der Waals surface area contributed by atoms with E-state index in [0.717, 1.165) is 17.4 Å². The Bertz CT molecular complexity index is 485. The van der Waals surface area contributed by atoms with Gasteiger partial charge in [-0.1, -0.05) is 6.92 Å². The number of aryl methyl sites for hydroxylation is 1. The van der Waals surface area contributed by atoms with Crippen LogP contribution >= 0.6 is 15.9 Å². The summed E-state index contributed by atoms with van der Waals surface area (Å²) in [6.45, 7) is 2.83. The predicted octanol–water partition coefficient (Wildman–Crippen LogP) is 1.93. The number of rotatable bonds is 4. The second-order valence-corrected chi connectivity index (χ2v) is 4.49. The van der Waals surface area contributed by atoms with Crippen LogP contribution in [-0.2, 0) is 6.54 Å². The van der Waals surface area contributed by atoms with Gasteiger partial charge in [0.1, 0.15) is 6.10 Å². The molecule has 2 aromatic heterocycles. The standard InChI is InChI=1S/C11H13BrN4O/c1-2-5-16-10(8(12)6-15-16)11(17)9-7-13-3-4-14-9/h3-4,6-7,11,17H,2,5H2,1H3. The van der Waals surface area contributed by atoms with Gasteiger partial charge < -0.3 is 5.11 Å². The first kappa shape index (κ1) is 12.2. The van der Waals surface area contributed by atoms with E-state index in [9.17, 15) is 5.11 Å². The smallest absolute Gasteiger partial charge is 0.140 e. The maximum absolute atomic E-state index is 10.3. The summed E-state index contributed by atoms with van der Waals surface area (Å²) in [6, 6.07) is 0. The van der Waals surface area contributed by atoms with Crippen molar-refractivity contribution < 1.29 is 5.11 Å². The number of nitrogens with zero attached hydrogens (tertiary/aromatic N) is 4. The van der Waals surface area contributed by atoms with Crippen LogP contribution in [0.3, 0.4) is 0 Å². The van der Waals surface area contributed by atoms with E-state index >= 15 is 0 Å². The van der Waals surface area contributed by atoms with Crippen molar-refractivity contribution in [3.05, 3.63) is 40.6 Å². The van der Waals surface area contributed by atoms with Crippen LogP contribution in [-0.4, -0.2) is 24.9 Å². The third-order valence-electron chi connectivity index (χ3n) is 2.39. The summed E-state index contributed by atoms with van der Waals surface area (Å²) in [4.78, 5) is 8.06. The average Bonchev–Trinajstić information content (AvgIpc) is 2.71. The van der Waals surface area contributed by atoms with E-state index < -0.39 is 6.10 Å². The molecular weight excluding hydrogens is 284 g/mol. The minimum atomic E-state index is -0.813. The topological polar surface area (TPSA) is 63.8 Å². The van der Waals surface area contributed by atoms with Crippen LogP contribution in [0.1, 0.15) is 30.8 Å². The van der Waals surface area contributed by atoms with Crippen molar-refractivity contribution in [2.24, 2.45) is 0 Å². The number of hydrogen-bond donors (Lipinski definition) is 1. The Labute approximate surface area is 108 Å². The van der Waals surface area contributed by atoms with E-state index in [0.29, 0.717) is 11.4 Å². The molecule has 0 aliphatic rings. The summed E-state index contributed by atoms with van der Waals surface area (Å²) in [6.07, 6.45) is 6.52. The molecule has 0 fully saturated rings. The first-order valence-electron chi connectivity index (χ1n) is 5.39. The highest BCUT2D eigenvalue weighted by Gasteiger charge is 2.20. The molecule has 2 aromatic rings. The molecule has 0 spiro atoms. The Balaban J connectivity index is 2.36. The maximum atomic E-state index is 10.3. The van der Waals surface area contributed by atoms with Crippen LogP contribution in [0.2, 0.25) is 0 Å². The lowest BCUT2D eigenvalue weighted by atomic mass is 10.2. The lowest BCUT2D eigenvalue weighted by Crippen LogP contribution is -2.11. The van der Waals surface area contributed by atoms with E-state index in [-0.39, 0.29) is 0 Å². The van der Waals surface area contributed by atoms with Crippen molar-refractivity contribution in [3.63, 3.8) is 0 Å². The Morgan fingerprint density at radius 1 is 1.41 bits per heavy atom. The molecule has 2 rings (SSSR count). The summed E-state index contributed by atoms with van der Waals surface area (Å²) in [7, 11) is 0. The summed E-state index contributed by atoms with van der Waals surface area (Å²) >= 11 is 3.39. The number of aliphatic hydroxyl groups is 1. The summed E-state index contributed by atoms with van der Waals surface area (Å²) in [5.41, 5.74) is 1.23. The Kier molecular flexibility index (Phi) is 3.86. The van der Waals surface area contributed by atoms with E-state index in [1.54, 1.807) is 29.5 Å². The van der Waals surface area contributed by atoms with Gasteiger partial charge in [0.15, 0.2) is 0 Å². The molecular formula is C11H13BrN4O. The zero-order valence-corrected chi connectivity index (χ0v) is 11.0. The second kappa shape index (κ2) is 5.37. The summed E-state index contributed by atoms with van der Waals surface area (Å²) in [5.74, 6) is 0. The molecule has 2 heterocycles. The van der Waals surface area contributed by atoms with Gasteiger partial charge in [-0.15, -0.1) is 0 Å². The molecule has 0 saturated carbocycles. The summed E-state index contributed by atoms with van der Waals surface area (Å²) in [5, 5.41) is 14.5. The molecule has 0 radical (unpaired) electrons. The molecule has 0 bridgehead atoms. The highest BCUT2D eigenvalue weighted by atomic mass is 79.9. The van der Waals surface area contributed by atoms with Crippen LogP contribution in [0.4, 0.5) is 0 Å². The lowest BCUT2D eigenvalue weighted by Gasteiger charge is -2.12. The molecule has 0 aliphatic heterocycles. The van der Waals surface area contributed by atoms with Crippen LogP contribution < -0.4 is 0 Å². The largest absolute Gasteiger partial charge is 0.380 e. The van der Waals surface area contributed by atoms with Crippen molar-refractivity contribution in [1.29, 1.82) is 0 Å². The van der Waals surface area contributed by atoms with Crippen molar-refractivity contribution in [2.75, 3.05) is 0 Å². The molecule has 6 heteroatoms. The normalized spacial score (nSPS) is 12.6. The van der Waals surface area contributed by atoms with E-state index in [1.807, 2.05) is 0 Å². The fourth-order valence-electron chi connectivity index (χ4n) is 1.63. The van der Waals surface area contributed by atoms with Crippen molar-refractivity contribution in [2.45, 2.75) is 26.0 Å². The van der Waals surface area contributed by atoms with E-state index in [2.05, 4.69) is 37.9 Å². The molecule has 1 atom stereocenters. The van der Waals surface area contributed by atoms with Gasteiger partial charge in [-0.3, -0.25) is 14.6 Å². The minimum Gasteiger partial charge on any atom is -0.380 e. The molecule has 0 aromatic carbocycles. The third kappa shape index (κ3) is 2.53. The van der Waals surface area contributed by atoms with Gasteiger partial charge in [-0.25, -0.2) is 0 Å². The number of hydrogen-bond acceptors (Lipinski definition) is 4. The van der Waals surface area contributed by atoms with Gasteiger partial charge in [0.2, 0.25) is 0 Å². The van der Waals surface area contributed by atoms with Gasteiger partial charge in [-0.05, 0) is 22.4 Å². The SMILES string of the molecule is CCCn1ncc(Br)c1C(O)c1cnccn1. The van der Waals surface area contributed by atoms with Crippen molar-refractivity contribution in [1.82, 2.24) is 19.7 Å². The van der Waals surface area contributed by atoms with Crippen LogP contribution in [0.15, 0.2) is 29.3 Å². The van der Waals surface area contributed by atoms with Gasteiger partial charge in [0.25, 0.3) is 0 Å². The van der Waals surface area contributed by atoms with Crippen LogP contribution in [0, 0.1) is 0 Å². The minimum absolute atomic E-state index is 0.519. The Morgan fingerprint density at radius 3 is 2.88 bits per heavy atom. The van der Waals surface area contributed by atoms with Crippen LogP contribution in [0.5, 0.6) is 0 Å². The van der Waals surface area contributed by atoms with Crippen molar-refractivity contribution >= 4 is 15.9 Å². The average molecular weight is 297 g/mol. The Hall–Kier alpha value is -1.27. The quantitative estimate of drug-likeness (QED) is 0.936. The number of aliphatic hydroxyl groups excluding tert-OH is 1. The first-order chi connectivity index (χ1) is 8.24. The van der Waals surface area contributed by atoms with Crippen molar-refractivity contribution in [3.8, 4) is 0 Å². The predicted molar refractivity (Wildman–Crippen MR) is 66.3 cm³/mol. The molecule has 5 nitrogen and oxygen atoms in total. The van der Waals surface area contributed by atoms with E-state index in [4.69, 9.17) is 0 Å². The zero-order chi connectivity index (χ0) is 12.3. The molecule has 1 unspecified atom stereocenters. The molecule has 1 N–H and O–H groups in total. The molecule has 0 aliphatic carbocycles. The third-order valence-corrected chi connectivity index (χ3v) is 3.00. The zero-order valence-electron chi connectivity index (χ0n) is 9.41. The number of halogens is 1. The molecule has 0 amide bonds. The maximum Gasteiger partial charge on any atom is 0.140 e. The molecule has 90 valence electrons. The van der Waals surface area contributed by atoms with Gasteiger partial charge >= 0.3 is 0 Å². The summed E-state index contributed by atoms with van der Waals surface area (Å²) < 4.78 is 2.56. The highest BCUT2D eigenvalue weighted by Crippen LogP contribution is 2.27.